The van der Waals surface area contributed by atoms with Gasteiger partial charge in [-0.15, -0.1) is 0 Å². The number of rotatable bonds is 2. The molecule has 2 heterocycles. The molecule has 0 spiro atoms. The molecule has 1 N–H and O–H groups in total. The van der Waals surface area contributed by atoms with Crippen LogP contribution in [0.4, 0.5) is 0 Å². The van der Waals surface area contributed by atoms with Crippen molar-refractivity contribution in [1.29, 1.82) is 0 Å². The standard InChI is InChI=1S/C9H12ClN3O/c10-9-12-5-3-8(13-9)14-7-2-1-4-11-6-7/h3,5,7,11H,1-2,4,6H2/t7-/m1/s1. The monoisotopic (exact) mass is 213 g/mol. The van der Waals surface area contributed by atoms with Crippen LogP contribution in [0.5, 0.6) is 5.88 Å². The maximum Gasteiger partial charge on any atom is 0.225 e. The number of hydrogen-bond donors (Lipinski definition) is 1. The van der Waals surface area contributed by atoms with Crippen molar-refractivity contribution in [2.24, 2.45) is 0 Å². The van der Waals surface area contributed by atoms with Gasteiger partial charge in [0.15, 0.2) is 0 Å². The molecule has 5 heteroatoms. The molecule has 1 aromatic heterocycles. The molecule has 1 atom stereocenters. The van der Waals surface area contributed by atoms with Crippen LogP contribution in [0.3, 0.4) is 0 Å². The second-order valence-electron chi connectivity index (χ2n) is 3.25. The molecule has 4 nitrogen and oxygen atoms in total. The number of hydrogen-bond acceptors (Lipinski definition) is 4. The first-order valence-corrected chi connectivity index (χ1v) is 5.08. The van der Waals surface area contributed by atoms with Gasteiger partial charge in [0.25, 0.3) is 0 Å². The first kappa shape index (κ1) is 9.68. The first-order valence-electron chi connectivity index (χ1n) is 4.70. The van der Waals surface area contributed by atoms with Crippen molar-refractivity contribution in [1.82, 2.24) is 15.3 Å². The molecule has 1 fully saturated rings. The van der Waals surface area contributed by atoms with Gasteiger partial charge in [0.2, 0.25) is 11.2 Å². The molecule has 0 aromatic carbocycles. The van der Waals surface area contributed by atoms with Gasteiger partial charge < -0.3 is 10.1 Å². The number of halogens is 1. The molecule has 1 aliphatic heterocycles. The average molecular weight is 214 g/mol. The summed E-state index contributed by atoms with van der Waals surface area (Å²) >= 11 is 5.64. The maximum absolute atomic E-state index is 5.64. The smallest absolute Gasteiger partial charge is 0.225 e. The molecule has 76 valence electrons. The summed E-state index contributed by atoms with van der Waals surface area (Å²) in [7, 11) is 0. The van der Waals surface area contributed by atoms with Gasteiger partial charge in [0, 0.05) is 18.8 Å². The average Bonchev–Trinajstić information content (AvgIpc) is 2.19. The van der Waals surface area contributed by atoms with Crippen molar-refractivity contribution >= 4 is 11.6 Å². The third kappa shape index (κ3) is 2.56. The number of aromatic nitrogens is 2. The van der Waals surface area contributed by atoms with Gasteiger partial charge in [-0.05, 0) is 31.0 Å². The summed E-state index contributed by atoms with van der Waals surface area (Å²) in [4.78, 5) is 7.76. The largest absolute Gasteiger partial charge is 0.473 e. The van der Waals surface area contributed by atoms with Crippen molar-refractivity contribution in [2.75, 3.05) is 13.1 Å². The molecule has 0 radical (unpaired) electrons. The number of nitrogens with zero attached hydrogens (tertiary/aromatic N) is 2. The third-order valence-corrected chi connectivity index (χ3v) is 2.32. The van der Waals surface area contributed by atoms with Crippen molar-refractivity contribution in [3.8, 4) is 5.88 Å². The molecule has 0 amide bonds. The van der Waals surface area contributed by atoms with Crippen molar-refractivity contribution in [3.05, 3.63) is 17.5 Å². The molecular weight excluding hydrogens is 202 g/mol. The lowest BCUT2D eigenvalue weighted by Gasteiger charge is -2.23. The summed E-state index contributed by atoms with van der Waals surface area (Å²) in [6.07, 6.45) is 4.01. The van der Waals surface area contributed by atoms with Crippen LogP contribution in [0.1, 0.15) is 12.8 Å². The molecule has 14 heavy (non-hydrogen) atoms. The van der Waals surface area contributed by atoms with E-state index in [1.165, 1.54) is 0 Å². The Kier molecular flexibility index (Phi) is 3.16. The van der Waals surface area contributed by atoms with Crippen LogP contribution in [-0.4, -0.2) is 29.2 Å². The van der Waals surface area contributed by atoms with E-state index in [-0.39, 0.29) is 11.4 Å². The Balaban J connectivity index is 1.95. The van der Waals surface area contributed by atoms with Crippen molar-refractivity contribution < 1.29 is 4.74 Å². The van der Waals surface area contributed by atoms with Crippen LogP contribution in [0.2, 0.25) is 5.28 Å². The second-order valence-corrected chi connectivity index (χ2v) is 3.59. The van der Waals surface area contributed by atoms with E-state index in [0.717, 1.165) is 25.9 Å². The molecule has 2 rings (SSSR count). The van der Waals surface area contributed by atoms with E-state index in [0.29, 0.717) is 5.88 Å². The quantitative estimate of drug-likeness (QED) is 0.752. The second kappa shape index (κ2) is 4.57. The topological polar surface area (TPSA) is 47.0 Å². The Hall–Kier alpha value is -0.870. The fourth-order valence-corrected chi connectivity index (χ4v) is 1.62. The normalized spacial score (nSPS) is 21.9. The predicted octanol–water partition coefficient (Wildman–Crippen LogP) is 1.26. The minimum absolute atomic E-state index is 0.203. The van der Waals surface area contributed by atoms with Crippen LogP contribution in [0.15, 0.2) is 12.3 Å². The Labute approximate surface area is 87.7 Å². The first-order chi connectivity index (χ1) is 6.84. The highest BCUT2D eigenvalue weighted by molar-refractivity contribution is 6.28. The van der Waals surface area contributed by atoms with Crippen LogP contribution in [0.25, 0.3) is 0 Å². The van der Waals surface area contributed by atoms with E-state index in [2.05, 4.69) is 15.3 Å². The van der Waals surface area contributed by atoms with E-state index in [1.807, 2.05) is 0 Å². The SMILES string of the molecule is Clc1nccc(O[C@@H]2CCCNC2)n1. The number of nitrogens with one attached hydrogen (secondary N) is 1. The summed E-state index contributed by atoms with van der Waals surface area (Å²) in [6.45, 7) is 1.95. The zero-order valence-corrected chi connectivity index (χ0v) is 8.50. The Morgan fingerprint density at radius 2 is 2.50 bits per heavy atom. The minimum atomic E-state index is 0.203. The van der Waals surface area contributed by atoms with Crippen LogP contribution >= 0.6 is 11.6 Å². The van der Waals surface area contributed by atoms with E-state index >= 15 is 0 Å². The van der Waals surface area contributed by atoms with E-state index in [4.69, 9.17) is 16.3 Å². The Morgan fingerprint density at radius 3 is 3.21 bits per heavy atom. The van der Waals surface area contributed by atoms with E-state index in [9.17, 15) is 0 Å². The van der Waals surface area contributed by atoms with Gasteiger partial charge in [0.05, 0.1) is 0 Å². The molecule has 0 saturated carbocycles. The van der Waals surface area contributed by atoms with Crippen LogP contribution in [-0.2, 0) is 0 Å². The molecule has 0 unspecified atom stereocenters. The summed E-state index contributed by atoms with van der Waals surface area (Å²) in [5.74, 6) is 0.554. The molecule has 1 aliphatic rings. The highest BCUT2D eigenvalue weighted by atomic mass is 35.5. The Morgan fingerprint density at radius 1 is 1.57 bits per heavy atom. The van der Waals surface area contributed by atoms with Crippen LogP contribution in [0, 0.1) is 0 Å². The van der Waals surface area contributed by atoms with Gasteiger partial charge in [0.1, 0.15) is 6.10 Å². The highest BCUT2D eigenvalue weighted by Crippen LogP contribution is 2.13. The van der Waals surface area contributed by atoms with Gasteiger partial charge in [-0.1, -0.05) is 0 Å². The van der Waals surface area contributed by atoms with E-state index in [1.54, 1.807) is 12.3 Å². The van der Waals surface area contributed by atoms with Crippen LogP contribution < -0.4 is 10.1 Å². The van der Waals surface area contributed by atoms with Gasteiger partial charge in [-0.25, -0.2) is 4.98 Å². The minimum Gasteiger partial charge on any atom is -0.473 e. The summed E-state index contributed by atoms with van der Waals surface area (Å²) < 4.78 is 5.64. The lowest BCUT2D eigenvalue weighted by molar-refractivity contribution is 0.160. The number of piperidine rings is 1. The summed E-state index contributed by atoms with van der Waals surface area (Å²) in [6, 6.07) is 1.72. The lowest BCUT2D eigenvalue weighted by atomic mass is 10.1. The fraction of sp³-hybridized carbons (Fsp3) is 0.556. The molecular formula is C9H12ClN3O. The van der Waals surface area contributed by atoms with Gasteiger partial charge >= 0.3 is 0 Å². The summed E-state index contributed by atoms with van der Waals surface area (Å²) in [5.41, 5.74) is 0. The number of ether oxygens (including phenoxy) is 1. The predicted molar refractivity (Wildman–Crippen MR) is 53.6 cm³/mol. The third-order valence-electron chi connectivity index (χ3n) is 2.14. The summed E-state index contributed by atoms with van der Waals surface area (Å²) in [5, 5.41) is 3.50. The molecule has 0 bridgehead atoms. The maximum atomic E-state index is 5.64. The highest BCUT2D eigenvalue weighted by Gasteiger charge is 2.14. The molecule has 1 saturated heterocycles. The zero-order valence-electron chi connectivity index (χ0n) is 7.74. The van der Waals surface area contributed by atoms with Crippen molar-refractivity contribution in [3.63, 3.8) is 0 Å². The van der Waals surface area contributed by atoms with Gasteiger partial charge in [-0.3, -0.25) is 0 Å². The Bertz CT molecular complexity index is 302. The van der Waals surface area contributed by atoms with Crippen molar-refractivity contribution in [2.45, 2.75) is 18.9 Å². The fourth-order valence-electron chi connectivity index (χ4n) is 1.48. The molecule has 1 aromatic rings. The van der Waals surface area contributed by atoms with E-state index < -0.39 is 0 Å². The zero-order chi connectivity index (χ0) is 9.80. The lowest BCUT2D eigenvalue weighted by Crippen LogP contribution is -2.37. The van der Waals surface area contributed by atoms with Gasteiger partial charge in [-0.2, -0.15) is 4.98 Å². The molecule has 0 aliphatic carbocycles.